The van der Waals surface area contributed by atoms with Gasteiger partial charge in [-0.15, -0.1) is 0 Å². The molecule has 0 aromatic rings. The van der Waals surface area contributed by atoms with Crippen LogP contribution in [-0.2, 0) is 18.4 Å². The fraction of sp³-hybridized carbons (Fsp3) is 0.634. The highest BCUT2D eigenvalue weighted by atomic mass is 31.2. The fourth-order valence-electron chi connectivity index (χ4n) is 4.69. The number of carbonyl (C=O) groups excluding carboxylic acids is 1. The monoisotopic (exact) mass is 734 g/mol. The molecule has 0 aromatic carbocycles. The molecule has 3 N–H and O–H groups in total. The number of nitrogens with one attached hydrogen (secondary N) is 1. The van der Waals surface area contributed by atoms with E-state index in [2.05, 4.69) is 97.3 Å². The van der Waals surface area contributed by atoms with E-state index in [4.69, 9.17) is 9.05 Å². The first-order valence-corrected chi connectivity index (χ1v) is 20.4. The maximum atomic E-state index is 12.8. The smallest absolute Gasteiger partial charge is 0.268 e. The number of unbranched alkanes of at least 4 members (excludes halogenated alkanes) is 5. The van der Waals surface area contributed by atoms with Crippen molar-refractivity contribution >= 4 is 13.7 Å². The Morgan fingerprint density at radius 2 is 1.25 bits per heavy atom. The van der Waals surface area contributed by atoms with Gasteiger partial charge in [0.25, 0.3) is 7.82 Å². The van der Waals surface area contributed by atoms with Gasteiger partial charge in [-0.25, -0.2) is 0 Å². The first-order valence-electron chi connectivity index (χ1n) is 19.0. The van der Waals surface area contributed by atoms with Crippen molar-refractivity contribution in [1.82, 2.24) is 5.32 Å². The molecule has 0 aliphatic heterocycles. The number of aliphatic hydroxyl groups is 2. The van der Waals surface area contributed by atoms with Crippen molar-refractivity contribution in [3.8, 4) is 0 Å². The highest BCUT2D eigenvalue weighted by molar-refractivity contribution is 7.45. The van der Waals surface area contributed by atoms with E-state index in [9.17, 15) is 24.5 Å². The molecule has 292 valence electrons. The van der Waals surface area contributed by atoms with Gasteiger partial charge in [0.15, 0.2) is 0 Å². The SMILES string of the molecule is C/C=C/CC/C=C/CC/C=C/CCCC(O)C(O)C(COP(=O)([O-])OCC[N+](C)(C)C)NC(=O)CCCC/C=C\C/C=C\C/C=C\C/C=C\CC. The van der Waals surface area contributed by atoms with Gasteiger partial charge in [-0.1, -0.05) is 92.0 Å². The predicted octanol–water partition coefficient (Wildman–Crippen LogP) is 8.19. The summed E-state index contributed by atoms with van der Waals surface area (Å²) in [5, 5.41) is 24.4. The highest BCUT2D eigenvalue weighted by Crippen LogP contribution is 2.38. The number of quaternary nitrogens is 1. The van der Waals surface area contributed by atoms with E-state index >= 15 is 0 Å². The van der Waals surface area contributed by atoms with Crippen LogP contribution in [0.1, 0.15) is 110 Å². The van der Waals surface area contributed by atoms with Gasteiger partial charge < -0.3 is 34.0 Å². The van der Waals surface area contributed by atoms with Crippen molar-refractivity contribution in [1.29, 1.82) is 0 Å². The van der Waals surface area contributed by atoms with Gasteiger partial charge >= 0.3 is 0 Å². The van der Waals surface area contributed by atoms with Crippen molar-refractivity contribution in [2.45, 2.75) is 128 Å². The van der Waals surface area contributed by atoms with Gasteiger partial charge in [0.05, 0.1) is 39.9 Å². The number of hydrogen-bond donors (Lipinski definition) is 3. The van der Waals surface area contributed by atoms with E-state index in [0.717, 1.165) is 70.6 Å². The van der Waals surface area contributed by atoms with E-state index in [1.165, 1.54) is 0 Å². The molecule has 0 aliphatic carbocycles. The summed E-state index contributed by atoms with van der Waals surface area (Å²) in [5.41, 5.74) is 0. The third-order valence-corrected chi connectivity index (χ3v) is 8.72. The largest absolute Gasteiger partial charge is 0.756 e. The van der Waals surface area contributed by atoms with E-state index in [1.54, 1.807) is 0 Å². The molecular weight excluding hydrogens is 663 g/mol. The average molecular weight is 735 g/mol. The molecule has 0 heterocycles. The number of phosphoric acid groups is 1. The number of nitrogens with zero attached hydrogens (tertiary/aromatic N) is 1. The molecule has 51 heavy (non-hydrogen) atoms. The number of aliphatic hydroxyl groups excluding tert-OH is 2. The minimum absolute atomic E-state index is 0.0634. The predicted molar refractivity (Wildman–Crippen MR) is 211 cm³/mol. The van der Waals surface area contributed by atoms with Crippen LogP contribution in [0.4, 0.5) is 0 Å². The molecule has 0 fully saturated rings. The summed E-state index contributed by atoms with van der Waals surface area (Å²) in [5.74, 6) is -0.342. The van der Waals surface area contributed by atoms with Gasteiger partial charge in [-0.3, -0.25) is 9.36 Å². The lowest BCUT2D eigenvalue weighted by Gasteiger charge is -2.31. The number of hydrogen-bond acceptors (Lipinski definition) is 7. The molecule has 0 saturated heterocycles. The Hall–Kier alpha value is -2.36. The molecule has 9 nitrogen and oxygen atoms in total. The topological polar surface area (TPSA) is 128 Å². The van der Waals surface area contributed by atoms with Crippen LogP contribution in [0.5, 0.6) is 0 Å². The van der Waals surface area contributed by atoms with Crippen molar-refractivity contribution < 1.29 is 38.0 Å². The zero-order chi connectivity index (χ0) is 38.1. The molecule has 0 saturated carbocycles. The van der Waals surface area contributed by atoms with Crippen LogP contribution in [0.3, 0.4) is 0 Å². The third-order valence-electron chi connectivity index (χ3n) is 7.76. The molecular formula is C41H71N2O7P. The van der Waals surface area contributed by atoms with Crippen LogP contribution < -0.4 is 10.2 Å². The van der Waals surface area contributed by atoms with E-state index in [-0.39, 0.29) is 25.4 Å². The maximum absolute atomic E-state index is 12.8. The molecule has 0 spiro atoms. The molecule has 0 radical (unpaired) electrons. The zero-order valence-electron chi connectivity index (χ0n) is 32.4. The van der Waals surface area contributed by atoms with Crippen LogP contribution in [0.2, 0.25) is 0 Å². The molecule has 0 aliphatic rings. The number of likely N-dealkylation sites (N-methyl/N-ethyl adjacent to an activating group) is 1. The Bertz CT molecular complexity index is 1120. The third kappa shape index (κ3) is 33.2. The van der Waals surface area contributed by atoms with Crippen molar-refractivity contribution in [2.75, 3.05) is 40.9 Å². The van der Waals surface area contributed by atoms with Crippen LogP contribution >= 0.6 is 7.82 Å². The molecule has 0 bridgehead atoms. The summed E-state index contributed by atoms with van der Waals surface area (Å²) in [6.45, 7) is 3.99. The summed E-state index contributed by atoms with van der Waals surface area (Å²) >= 11 is 0. The first kappa shape index (κ1) is 48.6. The molecule has 0 aromatic heterocycles. The summed E-state index contributed by atoms with van der Waals surface area (Å²) in [6, 6.07) is -1.12. The number of allylic oxidation sites excluding steroid dienone is 14. The summed E-state index contributed by atoms with van der Waals surface area (Å²) < 4.78 is 23.0. The average Bonchev–Trinajstić information content (AvgIpc) is 3.07. The quantitative estimate of drug-likeness (QED) is 0.0275. The number of phosphoric ester groups is 1. The standard InChI is InChI=1S/C41H71N2O7P/c1-6-8-10-12-14-16-18-20-21-22-24-26-28-30-32-34-40(45)42-38(37-50-51(47,48)49-36-35-43(3,4)5)41(46)39(44)33-31-29-27-25-23-19-17-15-13-11-9-7-2/h7-10,14-17,20-21,24-27,38-39,41,44,46H,6,11-13,18-19,22-23,28-37H2,1-5H3,(H-,42,45,47,48)/b9-7+,10-8-,16-14-,17-15+,21-20-,26-24-,27-25+. The van der Waals surface area contributed by atoms with Gasteiger partial charge in [0, 0.05) is 6.42 Å². The van der Waals surface area contributed by atoms with E-state index in [1.807, 2.05) is 28.1 Å². The number of carbonyl (C=O) groups is 1. The molecule has 4 unspecified atom stereocenters. The lowest BCUT2D eigenvalue weighted by atomic mass is 10.0. The Morgan fingerprint density at radius 1 is 0.745 bits per heavy atom. The van der Waals surface area contributed by atoms with Crippen LogP contribution in [0.15, 0.2) is 85.1 Å². The normalized spacial score (nSPS) is 16.2. The van der Waals surface area contributed by atoms with Crippen LogP contribution in [0, 0.1) is 0 Å². The lowest BCUT2D eigenvalue weighted by Crippen LogP contribution is -2.51. The molecule has 10 heteroatoms. The van der Waals surface area contributed by atoms with Crippen molar-refractivity contribution in [3.05, 3.63) is 85.1 Å². The van der Waals surface area contributed by atoms with Crippen LogP contribution in [0.25, 0.3) is 0 Å². The number of amides is 1. The second-order valence-corrected chi connectivity index (χ2v) is 15.1. The Labute approximate surface area is 310 Å². The van der Waals surface area contributed by atoms with Gasteiger partial charge in [0.2, 0.25) is 5.91 Å². The Kier molecular flexibility index (Phi) is 30.8. The zero-order valence-corrected chi connectivity index (χ0v) is 33.3. The molecule has 0 rings (SSSR count). The summed E-state index contributed by atoms with van der Waals surface area (Å²) in [7, 11) is 1.04. The minimum Gasteiger partial charge on any atom is -0.756 e. The van der Waals surface area contributed by atoms with E-state index < -0.39 is 32.7 Å². The Morgan fingerprint density at radius 3 is 1.82 bits per heavy atom. The van der Waals surface area contributed by atoms with Crippen molar-refractivity contribution in [2.24, 2.45) is 0 Å². The first-order chi connectivity index (χ1) is 24.4. The number of rotatable bonds is 32. The molecule has 1 amide bonds. The van der Waals surface area contributed by atoms with Gasteiger partial charge in [0.1, 0.15) is 19.3 Å². The van der Waals surface area contributed by atoms with Crippen molar-refractivity contribution in [3.63, 3.8) is 0 Å². The lowest BCUT2D eigenvalue weighted by molar-refractivity contribution is -0.870. The summed E-state index contributed by atoms with van der Waals surface area (Å²) in [4.78, 5) is 25.2. The maximum Gasteiger partial charge on any atom is 0.268 e. The summed E-state index contributed by atoms with van der Waals surface area (Å²) in [6.07, 6.45) is 39.3. The Balaban J connectivity index is 4.79. The second kappa shape index (κ2) is 32.3. The van der Waals surface area contributed by atoms with E-state index in [0.29, 0.717) is 23.9 Å². The molecule has 4 atom stereocenters. The fourth-order valence-corrected chi connectivity index (χ4v) is 5.41. The van der Waals surface area contributed by atoms with Gasteiger partial charge in [-0.2, -0.15) is 0 Å². The highest BCUT2D eigenvalue weighted by Gasteiger charge is 2.29. The van der Waals surface area contributed by atoms with Gasteiger partial charge in [-0.05, 0) is 96.8 Å². The van der Waals surface area contributed by atoms with Crippen LogP contribution in [-0.4, -0.2) is 79.8 Å². The minimum atomic E-state index is -4.69. The second-order valence-electron chi connectivity index (χ2n) is 13.7.